The molecule has 2 aromatic rings. The molecule has 5 heteroatoms. The van der Waals surface area contributed by atoms with Crippen molar-refractivity contribution >= 4 is 21.7 Å². The second kappa shape index (κ2) is 5.73. The highest BCUT2D eigenvalue weighted by atomic mass is 79.9. The number of benzene rings is 1. The number of hydrogen-bond acceptors (Lipinski definition) is 4. The Kier molecular flexibility index (Phi) is 3.95. The topological polar surface area (TPSA) is 61.0 Å². The van der Waals surface area contributed by atoms with Crippen LogP contribution >= 0.6 is 15.9 Å². The third-order valence-corrected chi connectivity index (χ3v) is 5.12. The summed E-state index contributed by atoms with van der Waals surface area (Å²) in [7, 11) is 0. The molecule has 1 fully saturated rings. The lowest BCUT2D eigenvalue weighted by Gasteiger charge is -2.36. The lowest BCUT2D eigenvalue weighted by Crippen LogP contribution is -2.37. The zero-order valence-corrected chi connectivity index (χ0v) is 13.6. The summed E-state index contributed by atoms with van der Waals surface area (Å²) in [4.78, 5) is 9.28. The minimum atomic E-state index is -0.209. The Hall–Kier alpha value is -1.46. The molecular formula is C16H18BrN3O. The van der Waals surface area contributed by atoms with E-state index in [1.54, 1.807) is 0 Å². The predicted molar refractivity (Wildman–Crippen MR) is 86.2 cm³/mol. The van der Waals surface area contributed by atoms with E-state index in [-0.39, 0.29) is 5.41 Å². The fourth-order valence-electron chi connectivity index (χ4n) is 2.91. The molecule has 0 atom stereocenters. The highest BCUT2D eigenvalue weighted by Crippen LogP contribution is 2.40. The maximum absolute atomic E-state index is 6.04. The van der Waals surface area contributed by atoms with Gasteiger partial charge in [0.15, 0.2) is 0 Å². The average molecular weight is 348 g/mol. The normalized spacial score (nSPS) is 17.6. The molecule has 1 aliphatic rings. The first-order valence-corrected chi connectivity index (χ1v) is 7.86. The molecule has 1 aromatic heterocycles. The van der Waals surface area contributed by atoms with Crippen LogP contribution in [0.15, 0.2) is 34.8 Å². The van der Waals surface area contributed by atoms with Crippen LogP contribution in [0.4, 0.5) is 5.82 Å². The maximum Gasteiger partial charge on any atom is 0.141 e. The van der Waals surface area contributed by atoms with Crippen molar-refractivity contribution in [3.63, 3.8) is 0 Å². The van der Waals surface area contributed by atoms with E-state index in [2.05, 4.69) is 45.2 Å². The predicted octanol–water partition coefficient (Wildman–Crippen LogP) is 3.23. The highest BCUT2D eigenvalue weighted by molar-refractivity contribution is 9.10. The Morgan fingerprint density at radius 1 is 1.14 bits per heavy atom. The number of anilines is 1. The standard InChI is InChI=1S/C16H18BrN3O/c1-11-13(17)14(18)20-15(19-11)16(7-9-21-10-8-16)12-5-3-2-4-6-12/h2-6H,7-10H2,1H3,(H2,18,19,20). The maximum atomic E-state index is 6.04. The summed E-state index contributed by atoms with van der Waals surface area (Å²) >= 11 is 3.44. The van der Waals surface area contributed by atoms with Gasteiger partial charge in [-0.15, -0.1) is 0 Å². The van der Waals surface area contributed by atoms with Crippen molar-refractivity contribution in [2.45, 2.75) is 25.2 Å². The number of nitrogen functional groups attached to an aromatic ring is 1. The van der Waals surface area contributed by atoms with Crippen molar-refractivity contribution in [3.8, 4) is 0 Å². The van der Waals surface area contributed by atoms with Crippen LogP contribution in [0.1, 0.15) is 29.9 Å². The van der Waals surface area contributed by atoms with Crippen LogP contribution in [0.2, 0.25) is 0 Å². The van der Waals surface area contributed by atoms with E-state index in [0.717, 1.165) is 28.8 Å². The van der Waals surface area contributed by atoms with Gasteiger partial charge in [-0.3, -0.25) is 0 Å². The number of nitrogens with two attached hydrogens (primary N) is 1. The number of ether oxygens (including phenoxy) is 1. The van der Waals surface area contributed by atoms with Crippen molar-refractivity contribution in [2.75, 3.05) is 18.9 Å². The Labute approximate surface area is 132 Å². The van der Waals surface area contributed by atoms with Gasteiger partial charge in [-0.25, -0.2) is 9.97 Å². The van der Waals surface area contributed by atoms with Gasteiger partial charge in [0.25, 0.3) is 0 Å². The molecule has 0 aliphatic carbocycles. The lowest BCUT2D eigenvalue weighted by atomic mass is 9.73. The van der Waals surface area contributed by atoms with Crippen LogP contribution in [0.5, 0.6) is 0 Å². The summed E-state index contributed by atoms with van der Waals surface area (Å²) in [6, 6.07) is 10.4. The summed E-state index contributed by atoms with van der Waals surface area (Å²) in [5.41, 5.74) is 7.93. The molecule has 0 spiro atoms. The summed E-state index contributed by atoms with van der Waals surface area (Å²) < 4.78 is 6.34. The molecule has 2 heterocycles. The van der Waals surface area contributed by atoms with E-state index < -0.39 is 0 Å². The van der Waals surface area contributed by atoms with Crippen molar-refractivity contribution < 1.29 is 4.74 Å². The number of rotatable bonds is 2. The van der Waals surface area contributed by atoms with Crippen LogP contribution in [0, 0.1) is 6.92 Å². The van der Waals surface area contributed by atoms with Crippen molar-refractivity contribution in [1.29, 1.82) is 0 Å². The summed E-state index contributed by atoms with van der Waals surface area (Å²) in [5.74, 6) is 1.30. The molecule has 0 radical (unpaired) electrons. The quantitative estimate of drug-likeness (QED) is 0.905. The first-order valence-electron chi connectivity index (χ1n) is 7.07. The summed E-state index contributed by atoms with van der Waals surface area (Å²) in [6.07, 6.45) is 1.75. The largest absolute Gasteiger partial charge is 0.383 e. The van der Waals surface area contributed by atoms with E-state index >= 15 is 0 Å². The van der Waals surface area contributed by atoms with Gasteiger partial charge in [-0.1, -0.05) is 30.3 Å². The second-order valence-corrected chi connectivity index (χ2v) is 6.19. The molecule has 1 aromatic carbocycles. The third-order valence-electron chi connectivity index (χ3n) is 4.14. The Morgan fingerprint density at radius 2 is 1.81 bits per heavy atom. The van der Waals surface area contributed by atoms with Gasteiger partial charge in [0.2, 0.25) is 0 Å². The monoisotopic (exact) mass is 347 g/mol. The average Bonchev–Trinajstić information content (AvgIpc) is 2.53. The van der Waals surface area contributed by atoms with E-state index in [9.17, 15) is 0 Å². The first-order chi connectivity index (χ1) is 10.1. The third kappa shape index (κ3) is 2.56. The van der Waals surface area contributed by atoms with Gasteiger partial charge in [-0.05, 0) is 41.3 Å². The van der Waals surface area contributed by atoms with E-state index in [0.29, 0.717) is 19.0 Å². The molecule has 110 valence electrons. The van der Waals surface area contributed by atoms with Crippen LogP contribution in [0.25, 0.3) is 0 Å². The highest BCUT2D eigenvalue weighted by Gasteiger charge is 2.39. The number of aryl methyl sites for hydroxylation is 1. The molecule has 21 heavy (non-hydrogen) atoms. The summed E-state index contributed by atoms with van der Waals surface area (Å²) in [5, 5.41) is 0. The smallest absolute Gasteiger partial charge is 0.141 e. The molecule has 0 amide bonds. The van der Waals surface area contributed by atoms with Gasteiger partial charge in [-0.2, -0.15) is 0 Å². The number of nitrogens with zero attached hydrogens (tertiary/aromatic N) is 2. The molecule has 2 N–H and O–H groups in total. The number of hydrogen-bond donors (Lipinski definition) is 1. The minimum absolute atomic E-state index is 0.209. The molecule has 0 unspecified atom stereocenters. The Morgan fingerprint density at radius 3 is 2.43 bits per heavy atom. The van der Waals surface area contributed by atoms with E-state index in [1.165, 1.54) is 5.56 Å². The van der Waals surface area contributed by atoms with Gasteiger partial charge in [0.1, 0.15) is 11.6 Å². The van der Waals surface area contributed by atoms with Crippen LogP contribution in [0.3, 0.4) is 0 Å². The van der Waals surface area contributed by atoms with Crippen LogP contribution in [-0.2, 0) is 10.2 Å². The Bertz CT molecular complexity index is 616. The second-order valence-electron chi connectivity index (χ2n) is 5.39. The van der Waals surface area contributed by atoms with Crippen LogP contribution < -0.4 is 5.73 Å². The van der Waals surface area contributed by atoms with Gasteiger partial charge >= 0.3 is 0 Å². The van der Waals surface area contributed by atoms with E-state index in [4.69, 9.17) is 15.5 Å². The fraction of sp³-hybridized carbons (Fsp3) is 0.375. The van der Waals surface area contributed by atoms with E-state index in [1.807, 2.05) is 13.0 Å². The molecule has 4 nitrogen and oxygen atoms in total. The minimum Gasteiger partial charge on any atom is -0.383 e. The number of aromatic nitrogens is 2. The van der Waals surface area contributed by atoms with Gasteiger partial charge < -0.3 is 10.5 Å². The zero-order chi connectivity index (χ0) is 14.9. The molecule has 0 bridgehead atoms. The van der Waals surface area contributed by atoms with Gasteiger partial charge in [0.05, 0.1) is 15.6 Å². The first kappa shape index (κ1) is 14.5. The SMILES string of the molecule is Cc1nc(C2(c3ccccc3)CCOCC2)nc(N)c1Br. The van der Waals surface area contributed by atoms with Crippen molar-refractivity contribution in [2.24, 2.45) is 0 Å². The van der Waals surface area contributed by atoms with Crippen molar-refractivity contribution in [3.05, 3.63) is 51.9 Å². The van der Waals surface area contributed by atoms with Crippen molar-refractivity contribution in [1.82, 2.24) is 9.97 Å². The number of halogens is 1. The summed E-state index contributed by atoms with van der Waals surface area (Å²) in [6.45, 7) is 3.38. The zero-order valence-electron chi connectivity index (χ0n) is 12.0. The molecule has 1 aliphatic heterocycles. The molecular weight excluding hydrogens is 330 g/mol. The fourth-order valence-corrected chi connectivity index (χ4v) is 3.09. The lowest BCUT2D eigenvalue weighted by molar-refractivity contribution is 0.0604. The molecule has 1 saturated heterocycles. The Balaban J connectivity index is 2.17. The molecule has 3 rings (SSSR count). The molecule has 0 saturated carbocycles. The van der Waals surface area contributed by atoms with Crippen LogP contribution in [-0.4, -0.2) is 23.2 Å². The van der Waals surface area contributed by atoms with Gasteiger partial charge in [0, 0.05) is 13.2 Å².